The van der Waals surface area contributed by atoms with Crippen LogP contribution in [-0.4, -0.2) is 41.7 Å². The summed E-state index contributed by atoms with van der Waals surface area (Å²) in [5, 5.41) is 10.2. The van der Waals surface area contributed by atoms with E-state index in [1.165, 1.54) is 25.7 Å². The van der Waals surface area contributed by atoms with Gasteiger partial charge in [-0.05, 0) is 37.6 Å². The standard InChI is InChI=1S/C15H28N2O2/c16-15(19)9-13-6-3-7-17(10-13)11-14(18)8-12-4-1-2-5-12/h12-14,18H,1-11H2,(H2,16,19)/t13-,14+/m0/s1. The van der Waals surface area contributed by atoms with Crippen LogP contribution < -0.4 is 5.73 Å². The lowest BCUT2D eigenvalue weighted by Gasteiger charge is -2.33. The molecule has 1 saturated carbocycles. The summed E-state index contributed by atoms with van der Waals surface area (Å²) in [5.41, 5.74) is 5.27. The maximum atomic E-state index is 11.0. The molecule has 0 aromatic rings. The zero-order valence-electron chi connectivity index (χ0n) is 11.9. The third kappa shape index (κ3) is 5.11. The van der Waals surface area contributed by atoms with Gasteiger partial charge in [-0.1, -0.05) is 25.7 Å². The van der Waals surface area contributed by atoms with Crippen molar-refractivity contribution < 1.29 is 9.90 Å². The first-order chi connectivity index (χ1) is 9.13. The minimum absolute atomic E-state index is 0.196. The van der Waals surface area contributed by atoms with E-state index in [9.17, 15) is 9.90 Å². The second-order valence-corrected chi connectivity index (χ2v) is 6.48. The van der Waals surface area contributed by atoms with E-state index < -0.39 is 0 Å². The number of rotatable bonds is 6. The number of β-amino-alcohol motifs (C(OH)–C–C–N with tert-alkyl or cyclic N) is 1. The molecule has 2 aliphatic rings. The maximum absolute atomic E-state index is 11.0. The summed E-state index contributed by atoms with van der Waals surface area (Å²) in [7, 11) is 0. The lowest BCUT2D eigenvalue weighted by Crippen LogP contribution is -2.41. The Labute approximate surface area is 116 Å². The Morgan fingerprint density at radius 2 is 1.89 bits per heavy atom. The zero-order valence-corrected chi connectivity index (χ0v) is 11.9. The molecule has 0 unspecified atom stereocenters. The van der Waals surface area contributed by atoms with Gasteiger partial charge in [-0.15, -0.1) is 0 Å². The number of nitrogens with two attached hydrogens (primary N) is 1. The molecule has 0 bridgehead atoms. The van der Waals surface area contributed by atoms with Gasteiger partial charge < -0.3 is 15.7 Å². The van der Waals surface area contributed by atoms with Crippen molar-refractivity contribution >= 4 is 5.91 Å². The zero-order chi connectivity index (χ0) is 13.7. The van der Waals surface area contributed by atoms with Crippen LogP contribution in [0.3, 0.4) is 0 Å². The number of carbonyl (C=O) groups is 1. The van der Waals surface area contributed by atoms with Crippen LogP contribution in [0.1, 0.15) is 51.4 Å². The van der Waals surface area contributed by atoms with Crippen molar-refractivity contribution in [1.82, 2.24) is 4.90 Å². The van der Waals surface area contributed by atoms with Gasteiger partial charge in [-0.25, -0.2) is 0 Å². The Balaban J connectivity index is 1.70. The average Bonchev–Trinajstić information content (AvgIpc) is 2.81. The number of aliphatic hydroxyl groups excluding tert-OH is 1. The largest absolute Gasteiger partial charge is 0.392 e. The Bertz CT molecular complexity index is 290. The van der Waals surface area contributed by atoms with Gasteiger partial charge in [0.2, 0.25) is 5.91 Å². The number of hydrogen-bond donors (Lipinski definition) is 2. The summed E-state index contributed by atoms with van der Waals surface area (Å²) in [4.78, 5) is 13.3. The van der Waals surface area contributed by atoms with E-state index >= 15 is 0 Å². The third-order valence-corrected chi connectivity index (χ3v) is 4.64. The molecule has 0 spiro atoms. The fourth-order valence-electron chi connectivity index (χ4n) is 3.77. The van der Waals surface area contributed by atoms with Gasteiger partial charge >= 0.3 is 0 Å². The summed E-state index contributed by atoms with van der Waals surface area (Å²) < 4.78 is 0. The van der Waals surface area contributed by atoms with Gasteiger partial charge in [0.05, 0.1) is 6.10 Å². The first-order valence-electron chi connectivity index (χ1n) is 7.82. The highest BCUT2D eigenvalue weighted by Crippen LogP contribution is 2.29. The summed E-state index contributed by atoms with van der Waals surface area (Å²) in [5.74, 6) is 0.935. The van der Waals surface area contributed by atoms with Crippen molar-refractivity contribution in [2.75, 3.05) is 19.6 Å². The Hall–Kier alpha value is -0.610. The number of likely N-dealkylation sites (tertiary alicyclic amines) is 1. The van der Waals surface area contributed by atoms with Crippen molar-refractivity contribution in [3.8, 4) is 0 Å². The molecule has 2 atom stereocenters. The van der Waals surface area contributed by atoms with Gasteiger partial charge in [0.1, 0.15) is 0 Å². The average molecular weight is 268 g/mol. The first-order valence-corrected chi connectivity index (χ1v) is 7.82. The molecule has 3 N–H and O–H groups in total. The van der Waals surface area contributed by atoms with Crippen LogP contribution in [0, 0.1) is 11.8 Å². The molecular weight excluding hydrogens is 240 g/mol. The van der Waals surface area contributed by atoms with Crippen molar-refractivity contribution in [3.05, 3.63) is 0 Å². The van der Waals surface area contributed by atoms with E-state index in [0.717, 1.165) is 44.8 Å². The summed E-state index contributed by atoms with van der Waals surface area (Å²) in [6.45, 7) is 2.74. The molecule has 4 nitrogen and oxygen atoms in total. The van der Waals surface area contributed by atoms with E-state index in [0.29, 0.717) is 12.3 Å². The Morgan fingerprint density at radius 1 is 1.21 bits per heavy atom. The highest BCUT2D eigenvalue weighted by molar-refractivity contribution is 5.74. The lowest BCUT2D eigenvalue weighted by atomic mass is 9.93. The van der Waals surface area contributed by atoms with Crippen LogP contribution in [0.5, 0.6) is 0 Å². The minimum atomic E-state index is -0.199. The van der Waals surface area contributed by atoms with Gasteiger partial charge in [-0.3, -0.25) is 4.79 Å². The van der Waals surface area contributed by atoms with Crippen LogP contribution in [0.4, 0.5) is 0 Å². The molecule has 1 aliphatic heterocycles. The molecule has 1 saturated heterocycles. The van der Waals surface area contributed by atoms with Crippen LogP contribution >= 0.6 is 0 Å². The normalized spacial score (nSPS) is 27.5. The summed E-state index contributed by atoms with van der Waals surface area (Å²) in [6, 6.07) is 0. The molecule has 2 rings (SSSR count). The van der Waals surface area contributed by atoms with Crippen LogP contribution in [0.25, 0.3) is 0 Å². The summed E-state index contributed by atoms with van der Waals surface area (Å²) in [6.07, 6.45) is 8.72. The molecule has 110 valence electrons. The van der Waals surface area contributed by atoms with Gasteiger partial charge in [0.15, 0.2) is 0 Å². The second kappa shape index (κ2) is 7.25. The van der Waals surface area contributed by atoms with E-state index in [1.807, 2.05) is 0 Å². The van der Waals surface area contributed by atoms with Crippen molar-refractivity contribution in [1.29, 1.82) is 0 Å². The molecule has 19 heavy (non-hydrogen) atoms. The number of amides is 1. The minimum Gasteiger partial charge on any atom is -0.392 e. The molecule has 1 amide bonds. The Kier molecular flexibility index (Phi) is 5.64. The quantitative estimate of drug-likeness (QED) is 0.767. The smallest absolute Gasteiger partial charge is 0.217 e. The van der Waals surface area contributed by atoms with E-state index in [2.05, 4.69) is 4.90 Å². The number of primary amides is 1. The lowest BCUT2D eigenvalue weighted by molar-refractivity contribution is -0.119. The van der Waals surface area contributed by atoms with Crippen molar-refractivity contribution in [2.45, 2.75) is 57.5 Å². The van der Waals surface area contributed by atoms with Crippen molar-refractivity contribution in [3.63, 3.8) is 0 Å². The predicted molar refractivity (Wildman–Crippen MR) is 75.6 cm³/mol. The number of piperidine rings is 1. The van der Waals surface area contributed by atoms with Crippen LogP contribution in [-0.2, 0) is 4.79 Å². The number of carbonyl (C=O) groups excluding carboxylic acids is 1. The van der Waals surface area contributed by atoms with Gasteiger partial charge in [-0.2, -0.15) is 0 Å². The highest BCUT2D eigenvalue weighted by atomic mass is 16.3. The second-order valence-electron chi connectivity index (χ2n) is 6.48. The SMILES string of the molecule is NC(=O)C[C@@H]1CCCN(C[C@H](O)CC2CCCC2)C1. The maximum Gasteiger partial charge on any atom is 0.217 e. The van der Waals surface area contributed by atoms with E-state index in [1.54, 1.807) is 0 Å². The molecule has 1 heterocycles. The van der Waals surface area contributed by atoms with E-state index in [-0.39, 0.29) is 12.0 Å². The molecule has 0 radical (unpaired) electrons. The van der Waals surface area contributed by atoms with Gasteiger partial charge in [0.25, 0.3) is 0 Å². The fourth-order valence-corrected chi connectivity index (χ4v) is 3.77. The monoisotopic (exact) mass is 268 g/mol. The van der Waals surface area contributed by atoms with Crippen LogP contribution in [0.15, 0.2) is 0 Å². The third-order valence-electron chi connectivity index (χ3n) is 4.64. The number of nitrogens with zero attached hydrogens (tertiary/aromatic N) is 1. The molecule has 2 fully saturated rings. The predicted octanol–water partition coefficient (Wildman–Crippen LogP) is 1.51. The molecule has 4 heteroatoms. The van der Waals surface area contributed by atoms with E-state index in [4.69, 9.17) is 5.73 Å². The topological polar surface area (TPSA) is 66.6 Å². The number of aliphatic hydroxyl groups is 1. The fraction of sp³-hybridized carbons (Fsp3) is 0.933. The molecule has 0 aromatic carbocycles. The molecule has 0 aromatic heterocycles. The Morgan fingerprint density at radius 3 is 2.58 bits per heavy atom. The summed E-state index contributed by atoms with van der Waals surface area (Å²) >= 11 is 0. The molecule has 1 aliphatic carbocycles. The van der Waals surface area contributed by atoms with Gasteiger partial charge in [0, 0.05) is 19.5 Å². The number of hydrogen-bond acceptors (Lipinski definition) is 3. The molecular formula is C15H28N2O2. The van der Waals surface area contributed by atoms with Crippen LogP contribution in [0.2, 0.25) is 0 Å². The van der Waals surface area contributed by atoms with Crippen molar-refractivity contribution in [2.24, 2.45) is 17.6 Å². The first kappa shape index (κ1) is 14.8. The highest BCUT2D eigenvalue weighted by Gasteiger charge is 2.25.